The van der Waals surface area contributed by atoms with Gasteiger partial charge >= 0.3 is 0 Å². The maximum atomic E-state index is 14.2. The van der Waals surface area contributed by atoms with Crippen molar-refractivity contribution in [2.24, 2.45) is 10.9 Å². The second-order valence-electron chi connectivity index (χ2n) is 6.66. The first-order chi connectivity index (χ1) is 12.2. The summed E-state index contributed by atoms with van der Waals surface area (Å²) in [5.74, 6) is 0.262. The summed E-state index contributed by atoms with van der Waals surface area (Å²) >= 11 is 1.36. The van der Waals surface area contributed by atoms with E-state index in [1.165, 1.54) is 49.5 Å². The summed E-state index contributed by atoms with van der Waals surface area (Å²) in [6.45, 7) is 0.926. The Morgan fingerprint density at radius 3 is 2.92 bits per heavy atom. The van der Waals surface area contributed by atoms with Crippen molar-refractivity contribution in [3.05, 3.63) is 28.8 Å². The van der Waals surface area contributed by atoms with E-state index in [2.05, 4.69) is 4.99 Å². The van der Waals surface area contributed by atoms with Gasteiger partial charge in [0.2, 0.25) is 5.91 Å². The maximum Gasteiger partial charge on any atom is 0.248 e. The molecule has 25 heavy (non-hydrogen) atoms. The lowest BCUT2D eigenvalue weighted by Gasteiger charge is -2.20. The highest BCUT2D eigenvalue weighted by Crippen LogP contribution is 2.27. The second kappa shape index (κ2) is 8.72. The Bertz CT molecular complexity index is 790. The molecule has 1 aromatic carbocycles. The second-order valence-corrected chi connectivity index (χ2v) is 7.67. The van der Waals surface area contributed by atoms with Crippen LogP contribution in [0, 0.1) is 11.7 Å². The number of para-hydroxylation sites is 1. The summed E-state index contributed by atoms with van der Waals surface area (Å²) in [5.41, 5.74) is 0.503. The van der Waals surface area contributed by atoms with E-state index >= 15 is 0 Å². The number of methoxy groups -OCH3 is 1. The van der Waals surface area contributed by atoms with Crippen LogP contribution in [0.15, 0.2) is 23.2 Å². The Hall–Kier alpha value is -1.53. The number of ether oxygens (including phenoxy) is 1. The molecule has 6 heteroatoms. The first-order valence-electron chi connectivity index (χ1n) is 9.03. The zero-order chi connectivity index (χ0) is 17.6. The van der Waals surface area contributed by atoms with Crippen LogP contribution >= 0.6 is 11.3 Å². The largest absolute Gasteiger partial charge is 0.383 e. The number of fused-ring (bicyclic) bond motifs is 1. The Morgan fingerprint density at radius 1 is 1.36 bits per heavy atom. The van der Waals surface area contributed by atoms with Gasteiger partial charge in [-0.2, -0.15) is 4.99 Å². The van der Waals surface area contributed by atoms with Gasteiger partial charge in [-0.15, -0.1) is 0 Å². The first kappa shape index (κ1) is 18.3. The van der Waals surface area contributed by atoms with Gasteiger partial charge in [0, 0.05) is 20.1 Å². The van der Waals surface area contributed by atoms with E-state index in [1.54, 1.807) is 17.7 Å². The van der Waals surface area contributed by atoms with Crippen LogP contribution in [0.3, 0.4) is 0 Å². The number of thiazole rings is 1. The van der Waals surface area contributed by atoms with Gasteiger partial charge in [0.05, 0.1) is 16.8 Å². The van der Waals surface area contributed by atoms with Crippen LogP contribution in [0.1, 0.15) is 44.9 Å². The predicted molar refractivity (Wildman–Crippen MR) is 98.0 cm³/mol. The fraction of sp³-hybridized carbons (Fsp3) is 0.579. The smallest absolute Gasteiger partial charge is 0.248 e. The minimum atomic E-state index is -0.291. The topological polar surface area (TPSA) is 43.6 Å². The Morgan fingerprint density at radius 2 is 2.16 bits per heavy atom. The van der Waals surface area contributed by atoms with Crippen molar-refractivity contribution in [3.8, 4) is 0 Å². The third-order valence-electron chi connectivity index (χ3n) is 4.88. The molecular weight excluding hydrogens is 339 g/mol. The standard InChI is InChI=1S/C19H25FN2O2S/c1-24-13-12-22-18-15(20)8-5-9-16(18)25-19(22)21-17(23)11-10-14-6-3-2-4-7-14/h5,8-9,14H,2-4,6-7,10-13H2,1H3. The van der Waals surface area contributed by atoms with Crippen molar-refractivity contribution in [1.82, 2.24) is 4.57 Å². The van der Waals surface area contributed by atoms with E-state index in [0.717, 1.165) is 11.1 Å². The third kappa shape index (κ3) is 4.55. The molecule has 1 fully saturated rings. The number of aromatic nitrogens is 1. The van der Waals surface area contributed by atoms with Crippen molar-refractivity contribution in [1.29, 1.82) is 0 Å². The van der Waals surface area contributed by atoms with Gasteiger partial charge in [0.25, 0.3) is 0 Å². The van der Waals surface area contributed by atoms with E-state index < -0.39 is 0 Å². The van der Waals surface area contributed by atoms with Gasteiger partial charge in [0.15, 0.2) is 4.80 Å². The maximum absolute atomic E-state index is 14.2. The minimum absolute atomic E-state index is 0.108. The summed E-state index contributed by atoms with van der Waals surface area (Å²) in [7, 11) is 1.61. The molecule has 0 unspecified atom stereocenters. The lowest BCUT2D eigenvalue weighted by atomic mass is 9.86. The third-order valence-corrected chi connectivity index (χ3v) is 5.93. The van der Waals surface area contributed by atoms with Crippen LogP contribution in [-0.2, 0) is 16.1 Å². The van der Waals surface area contributed by atoms with E-state index in [-0.39, 0.29) is 11.7 Å². The number of halogens is 1. The highest BCUT2D eigenvalue weighted by molar-refractivity contribution is 7.16. The number of carbonyl (C=O) groups excluding carboxylic acids is 1. The van der Waals surface area contributed by atoms with Crippen molar-refractivity contribution >= 4 is 27.5 Å². The average molecular weight is 364 g/mol. The van der Waals surface area contributed by atoms with Crippen LogP contribution in [0.4, 0.5) is 4.39 Å². The van der Waals surface area contributed by atoms with Gasteiger partial charge in [-0.05, 0) is 24.5 Å². The molecule has 0 radical (unpaired) electrons. The summed E-state index contributed by atoms with van der Waals surface area (Å²) in [4.78, 5) is 17.2. The van der Waals surface area contributed by atoms with Crippen molar-refractivity contribution < 1.29 is 13.9 Å². The number of hydrogen-bond acceptors (Lipinski definition) is 3. The average Bonchev–Trinajstić information content (AvgIpc) is 2.97. The predicted octanol–water partition coefficient (Wildman–Crippen LogP) is 4.28. The molecule has 1 amide bonds. The van der Waals surface area contributed by atoms with E-state index in [4.69, 9.17) is 4.74 Å². The van der Waals surface area contributed by atoms with Gasteiger partial charge in [-0.1, -0.05) is 49.5 Å². The summed E-state index contributed by atoms with van der Waals surface area (Å²) in [6.07, 6.45) is 7.74. The molecule has 1 saturated carbocycles. The summed E-state index contributed by atoms with van der Waals surface area (Å²) in [5, 5.41) is 0. The number of benzene rings is 1. The molecule has 0 N–H and O–H groups in total. The molecular formula is C19H25FN2O2S. The van der Waals surface area contributed by atoms with Gasteiger partial charge in [0.1, 0.15) is 5.82 Å². The SMILES string of the molecule is COCCn1c(=NC(=O)CCC2CCCCC2)sc2cccc(F)c21. The van der Waals surface area contributed by atoms with Crippen LogP contribution in [-0.4, -0.2) is 24.2 Å². The molecule has 0 saturated heterocycles. The van der Waals surface area contributed by atoms with Crippen LogP contribution < -0.4 is 4.80 Å². The quantitative estimate of drug-likeness (QED) is 0.768. The van der Waals surface area contributed by atoms with Gasteiger partial charge in [-0.25, -0.2) is 4.39 Å². The number of nitrogens with zero attached hydrogens (tertiary/aromatic N) is 2. The zero-order valence-electron chi connectivity index (χ0n) is 14.7. The van der Waals surface area contributed by atoms with E-state index in [9.17, 15) is 9.18 Å². The molecule has 1 aliphatic carbocycles. The minimum Gasteiger partial charge on any atom is -0.383 e. The zero-order valence-corrected chi connectivity index (χ0v) is 15.5. The Kier molecular flexibility index (Phi) is 6.37. The lowest BCUT2D eigenvalue weighted by Crippen LogP contribution is -2.20. The number of carbonyl (C=O) groups is 1. The van der Waals surface area contributed by atoms with E-state index in [1.807, 2.05) is 6.07 Å². The number of hydrogen-bond donors (Lipinski definition) is 0. The normalized spacial score (nSPS) is 16.6. The number of rotatable bonds is 6. The molecule has 1 heterocycles. The highest BCUT2D eigenvalue weighted by Gasteiger charge is 2.15. The highest BCUT2D eigenvalue weighted by atomic mass is 32.1. The molecule has 4 nitrogen and oxygen atoms in total. The lowest BCUT2D eigenvalue weighted by molar-refractivity contribution is -0.118. The molecule has 0 atom stereocenters. The number of amides is 1. The molecule has 3 rings (SSSR count). The first-order valence-corrected chi connectivity index (χ1v) is 9.85. The molecule has 1 aliphatic rings. The van der Waals surface area contributed by atoms with Crippen molar-refractivity contribution in [3.63, 3.8) is 0 Å². The molecule has 0 aliphatic heterocycles. The van der Waals surface area contributed by atoms with Crippen LogP contribution in [0.2, 0.25) is 0 Å². The van der Waals surface area contributed by atoms with Crippen LogP contribution in [0.5, 0.6) is 0 Å². The molecule has 0 spiro atoms. The fourth-order valence-corrected chi connectivity index (χ4v) is 4.62. The van der Waals surface area contributed by atoms with Crippen LogP contribution in [0.25, 0.3) is 10.2 Å². The Labute approximate surface area is 151 Å². The van der Waals surface area contributed by atoms with Gasteiger partial charge in [-0.3, -0.25) is 4.79 Å². The fourth-order valence-electron chi connectivity index (χ4n) is 3.53. The van der Waals surface area contributed by atoms with Crippen molar-refractivity contribution in [2.75, 3.05) is 13.7 Å². The Balaban J connectivity index is 1.81. The molecule has 0 bridgehead atoms. The summed E-state index contributed by atoms with van der Waals surface area (Å²) < 4.78 is 21.9. The summed E-state index contributed by atoms with van der Waals surface area (Å²) in [6, 6.07) is 4.98. The van der Waals surface area contributed by atoms with Crippen molar-refractivity contribution in [2.45, 2.75) is 51.5 Å². The molecule has 2 aromatic rings. The molecule has 136 valence electrons. The van der Waals surface area contributed by atoms with Gasteiger partial charge < -0.3 is 9.30 Å². The monoisotopic (exact) mass is 364 g/mol. The van der Waals surface area contributed by atoms with E-state index in [0.29, 0.717) is 35.8 Å². The molecule has 1 aromatic heterocycles.